The lowest BCUT2D eigenvalue weighted by Gasteiger charge is -1.93. The van der Waals surface area contributed by atoms with Crippen LogP contribution < -0.4 is 0 Å². The zero-order valence-electron chi connectivity index (χ0n) is 7.55. The van der Waals surface area contributed by atoms with Crippen LogP contribution in [-0.4, -0.2) is 20.6 Å². The Balaban J connectivity index is 2.23. The van der Waals surface area contributed by atoms with E-state index in [0.717, 1.165) is 10.6 Å². The highest BCUT2D eigenvalue weighted by Gasteiger charge is 2.06. The fraction of sp³-hybridized carbons (Fsp3) is 0.111. The molecule has 0 aliphatic heterocycles. The highest BCUT2D eigenvalue weighted by Crippen LogP contribution is 2.29. The Bertz CT molecular complexity index is 492. The third-order valence-corrected chi connectivity index (χ3v) is 3.03. The minimum absolute atomic E-state index is 0.0773. The van der Waals surface area contributed by atoms with Crippen LogP contribution in [0.15, 0.2) is 24.7 Å². The smallest absolute Gasteiger partial charge is 0.323 e. The molecule has 6 heteroatoms. The Morgan fingerprint density at radius 2 is 2.40 bits per heavy atom. The predicted octanol–water partition coefficient (Wildman–Crippen LogP) is 2.35. The van der Waals surface area contributed by atoms with Crippen molar-refractivity contribution in [3.8, 4) is 10.6 Å². The summed E-state index contributed by atoms with van der Waals surface area (Å²) in [4.78, 5) is 15.5. The monoisotopic (exact) mass is 242 g/mol. The molecule has 0 aliphatic rings. The van der Waals surface area contributed by atoms with Crippen LogP contribution in [0.25, 0.3) is 10.6 Å². The summed E-state index contributed by atoms with van der Waals surface area (Å²) in [5.41, 5.74) is 0.744. The number of nitrogens with zero attached hydrogens (tertiary/aromatic N) is 2. The van der Waals surface area contributed by atoms with Gasteiger partial charge in [-0.15, -0.1) is 11.3 Å². The van der Waals surface area contributed by atoms with Crippen molar-refractivity contribution in [2.24, 2.45) is 0 Å². The molecular weight excluding hydrogens is 236 g/mol. The third-order valence-electron chi connectivity index (χ3n) is 1.78. The van der Waals surface area contributed by atoms with Crippen molar-refractivity contribution in [1.82, 2.24) is 9.55 Å². The van der Waals surface area contributed by atoms with Gasteiger partial charge in [0.15, 0.2) is 0 Å². The van der Waals surface area contributed by atoms with Gasteiger partial charge in [-0.1, -0.05) is 11.6 Å². The normalized spacial score (nSPS) is 10.5. The molecule has 2 heterocycles. The van der Waals surface area contributed by atoms with Crippen molar-refractivity contribution in [3.63, 3.8) is 0 Å². The van der Waals surface area contributed by atoms with E-state index in [9.17, 15) is 4.79 Å². The highest BCUT2D eigenvalue weighted by molar-refractivity contribution is 7.19. The Morgan fingerprint density at radius 3 is 3.00 bits per heavy atom. The molecule has 0 saturated heterocycles. The van der Waals surface area contributed by atoms with Crippen LogP contribution in [0.5, 0.6) is 0 Å². The van der Waals surface area contributed by atoms with E-state index in [4.69, 9.17) is 16.7 Å². The zero-order chi connectivity index (χ0) is 10.8. The van der Waals surface area contributed by atoms with E-state index in [1.54, 1.807) is 12.3 Å². The second-order valence-electron chi connectivity index (χ2n) is 2.93. The summed E-state index contributed by atoms with van der Waals surface area (Å²) < 4.78 is 2.21. The first kappa shape index (κ1) is 10.2. The quantitative estimate of drug-likeness (QED) is 0.899. The molecule has 0 aliphatic carbocycles. The van der Waals surface area contributed by atoms with Gasteiger partial charge in [-0.2, -0.15) is 0 Å². The number of hydrogen-bond acceptors (Lipinski definition) is 3. The first-order chi connectivity index (χ1) is 7.15. The van der Waals surface area contributed by atoms with Crippen molar-refractivity contribution in [2.45, 2.75) is 6.54 Å². The van der Waals surface area contributed by atoms with E-state index >= 15 is 0 Å². The standard InChI is InChI=1S/C9H7ClN2O2S/c10-8-2-1-7(15-8)6-3-12(5-11-6)4-9(13)14/h1-3,5H,4H2,(H,13,14). The number of aromatic nitrogens is 2. The Kier molecular flexibility index (Phi) is 2.75. The summed E-state index contributed by atoms with van der Waals surface area (Å²) in [6.07, 6.45) is 3.19. The summed E-state index contributed by atoms with van der Waals surface area (Å²) in [6, 6.07) is 3.65. The van der Waals surface area contributed by atoms with Gasteiger partial charge in [-0.25, -0.2) is 4.98 Å². The minimum Gasteiger partial charge on any atom is -0.480 e. The first-order valence-electron chi connectivity index (χ1n) is 4.14. The SMILES string of the molecule is O=C(O)Cn1cnc(-c2ccc(Cl)s2)c1. The molecule has 4 nitrogen and oxygen atoms in total. The number of carboxylic acid groups (broad SMARTS) is 1. The average Bonchev–Trinajstić information content (AvgIpc) is 2.72. The first-order valence-corrected chi connectivity index (χ1v) is 5.34. The van der Waals surface area contributed by atoms with Gasteiger partial charge in [0.2, 0.25) is 0 Å². The molecule has 0 spiro atoms. The molecule has 0 bridgehead atoms. The van der Waals surface area contributed by atoms with Gasteiger partial charge in [0, 0.05) is 6.20 Å². The number of halogens is 1. The molecule has 0 saturated carbocycles. The number of rotatable bonds is 3. The maximum atomic E-state index is 10.5. The number of imidazole rings is 1. The van der Waals surface area contributed by atoms with Gasteiger partial charge >= 0.3 is 5.97 Å². The highest BCUT2D eigenvalue weighted by atomic mass is 35.5. The van der Waals surface area contributed by atoms with Gasteiger partial charge < -0.3 is 9.67 Å². The molecule has 0 amide bonds. The van der Waals surface area contributed by atoms with Crippen LogP contribution in [0.4, 0.5) is 0 Å². The summed E-state index contributed by atoms with van der Waals surface area (Å²) in [5.74, 6) is -0.886. The van der Waals surface area contributed by atoms with Crippen LogP contribution in [0.1, 0.15) is 0 Å². The fourth-order valence-corrected chi connectivity index (χ4v) is 2.19. The van der Waals surface area contributed by atoms with E-state index in [-0.39, 0.29) is 6.54 Å². The van der Waals surface area contributed by atoms with Gasteiger partial charge in [-0.3, -0.25) is 4.79 Å². The Morgan fingerprint density at radius 1 is 1.60 bits per heavy atom. The second kappa shape index (κ2) is 4.04. The lowest BCUT2D eigenvalue weighted by molar-refractivity contribution is -0.137. The summed E-state index contributed by atoms with van der Waals surface area (Å²) in [6.45, 7) is -0.0773. The van der Waals surface area contributed by atoms with Gasteiger partial charge in [-0.05, 0) is 12.1 Å². The number of aliphatic carboxylic acids is 1. The lowest BCUT2D eigenvalue weighted by Crippen LogP contribution is -2.06. The third kappa shape index (κ3) is 2.37. The molecule has 2 rings (SSSR count). The van der Waals surface area contributed by atoms with Crippen molar-refractivity contribution in [1.29, 1.82) is 0 Å². The van der Waals surface area contributed by atoms with E-state index < -0.39 is 5.97 Å². The molecule has 15 heavy (non-hydrogen) atoms. The van der Waals surface area contributed by atoms with Crippen molar-refractivity contribution in [2.75, 3.05) is 0 Å². The molecule has 0 radical (unpaired) electrons. The Hall–Kier alpha value is -1.33. The van der Waals surface area contributed by atoms with Crippen LogP contribution in [0.2, 0.25) is 4.34 Å². The van der Waals surface area contributed by atoms with E-state index in [1.807, 2.05) is 6.07 Å². The minimum atomic E-state index is -0.886. The number of thiophene rings is 1. The topological polar surface area (TPSA) is 55.1 Å². The number of carboxylic acids is 1. The predicted molar refractivity (Wildman–Crippen MR) is 58.2 cm³/mol. The largest absolute Gasteiger partial charge is 0.480 e. The maximum Gasteiger partial charge on any atom is 0.323 e. The molecule has 78 valence electrons. The molecule has 0 aromatic carbocycles. The van der Waals surface area contributed by atoms with Crippen molar-refractivity contribution in [3.05, 3.63) is 29.0 Å². The molecule has 0 unspecified atom stereocenters. The molecule has 2 aromatic heterocycles. The summed E-state index contributed by atoms with van der Waals surface area (Å²) in [5, 5.41) is 8.58. The maximum absolute atomic E-state index is 10.5. The van der Waals surface area contributed by atoms with Crippen LogP contribution in [0.3, 0.4) is 0 Å². The average molecular weight is 243 g/mol. The van der Waals surface area contributed by atoms with Crippen molar-refractivity contribution >= 4 is 28.9 Å². The van der Waals surface area contributed by atoms with Crippen LogP contribution in [-0.2, 0) is 11.3 Å². The zero-order valence-corrected chi connectivity index (χ0v) is 9.13. The van der Waals surface area contributed by atoms with E-state index in [0.29, 0.717) is 4.34 Å². The van der Waals surface area contributed by atoms with E-state index in [1.165, 1.54) is 22.2 Å². The molecule has 2 aromatic rings. The number of carbonyl (C=O) groups is 1. The molecule has 1 N–H and O–H groups in total. The van der Waals surface area contributed by atoms with Gasteiger partial charge in [0.25, 0.3) is 0 Å². The van der Waals surface area contributed by atoms with E-state index in [2.05, 4.69) is 4.98 Å². The fourth-order valence-electron chi connectivity index (χ4n) is 1.18. The molecule has 0 atom stereocenters. The number of hydrogen-bond donors (Lipinski definition) is 1. The van der Waals surface area contributed by atoms with Gasteiger partial charge in [0.1, 0.15) is 6.54 Å². The van der Waals surface area contributed by atoms with Gasteiger partial charge in [0.05, 0.1) is 21.2 Å². The van der Waals surface area contributed by atoms with Crippen molar-refractivity contribution < 1.29 is 9.90 Å². The van der Waals surface area contributed by atoms with Crippen LogP contribution >= 0.6 is 22.9 Å². The molecule has 0 fully saturated rings. The molecular formula is C9H7ClN2O2S. The lowest BCUT2D eigenvalue weighted by atomic mass is 10.4. The van der Waals surface area contributed by atoms with Crippen LogP contribution in [0, 0.1) is 0 Å². The second-order valence-corrected chi connectivity index (χ2v) is 4.64. The summed E-state index contributed by atoms with van der Waals surface area (Å²) in [7, 11) is 0. The Labute approximate surface area is 94.8 Å². The summed E-state index contributed by atoms with van der Waals surface area (Å²) >= 11 is 7.21.